The van der Waals surface area contributed by atoms with Gasteiger partial charge >= 0.3 is 5.97 Å². The van der Waals surface area contributed by atoms with E-state index in [0.29, 0.717) is 23.9 Å². The standard InChI is InChI=1S/C65H115N2O7P/c1-7-10-13-16-19-22-25-26-27-28-29-30-31-32-33-34-35-36-37-38-39-40-43-45-48-51-54-57-64(68)66-62(61-73-75(70,71)72-60-59-67(4,5)6)63(56-53-50-47-44-41-23-20-17-14-11-8-2)74-65(69)58-55-52-49-46-42-24-21-18-15-12-9-3/h10,13,18-19,21-22,26-27,29-30,32-33,35-36,53,56,62-63H,7-9,11-12,14-17,20,23-25,28,31,34,37-52,54-55,57-61H2,1-6H3,(H-,66,68,70,71)/b13-10-,21-18-,22-19-,27-26-,30-29-,33-32-,36-35-,56-53-. The first-order valence-electron chi connectivity index (χ1n) is 30.5. The summed E-state index contributed by atoms with van der Waals surface area (Å²) in [5.74, 6) is -0.567. The van der Waals surface area contributed by atoms with Gasteiger partial charge in [0.1, 0.15) is 19.3 Å². The highest BCUT2D eigenvalue weighted by Crippen LogP contribution is 2.38. The summed E-state index contributed by atoms with van der Waals surface area (Å²) in [5, 5.41) is 3.01. The number of rotatable bonds is 54. The monoisotopic (exact) mass is 1070 g/mol. The number of esters is 1. The molecule has 0 rings (SSSR count). The summed E-state index contributed by atoms with van der Waals surface area (Å²) in [6, 6.07) is -0.900. The van der Waals surface area contributed by atoms with Gasteiger partial charge in [-0.15, -0.1) is 0 Å². The molecule has 3 atom stereocenters. The Kier molecular flexibility index (Phi) is 52.1. The van der Waals surface area contributed by atoms with Crippen LogP contribution in [0.5, 0.6) is 0 Å². The lowest BCUT2D eigenvalue weighted by Gasteiger charge is -2.30. The molecule has 0 spiro atoms. The lowest BCUT2D eigenvalue weighted by atomic mass is 10.0. The van der Waals surface area contributed by atoms with Crippen molar-refractivity contribution >= 4 is 19.7 Å². The second-order valence-corrected chi connectivity index (χ2v) is 22.9. The second-order valence-electron chi connectivity index (χ2n) is 21.5. The summed E-state index contributed by atoms with van der Waals surface area (Å²) < 4.78 is 30.2. The molecule has 1 amide bonds. The maximum atomic E-state index is 13.5. The highest BCUT2D eigenvalue weighted by molar-refractivity contribution is 7.45. The van der Waals surface area contributed by atoms with Gasteiger partial charge in [0.2, 0.25) is 5.91 Å². The molecule has 10 heteroatoms. The average Bonchev–Trinajstić information content (AvgIpc) is 3.37. The molecule has 0 saturated heterocycles. The Hall–Kier alpha value is -3.07. The van der Waals surface area contributed by atoms with Gasteiger partial charge in [-0.1, -0.05) is 234 Å². The number of amides is 1. The van der Waals surface area contributed by atoms with Crippen molar-refractivity contribution in [1.29, 1.82) is 0 Å². The highest BCUT2D eigenvalue weighted by Gasteiger charge is 2.27. The van der Waals surface area contributed by atoms with Crippen molar-refractivity contribution in [3.8, 4) is 0 Å². The lowest BCUT2D eigenvalue weighted by molar-refractivity contribution is -0.870. The SMILES string of the molecule is CC/C=C\C/C=C\C/C=C\C/C=C\C/C=C\C/C=C\CCCCCCCCCCC(=O)NC(COP(=O)([O-])OCC[N+](C)(C)C)C(/C=C\CCCCCCCCCCC)OC(=O)CCCCCCC/C=C\CCCC. The van der Waals surface area contributed by atoms with Crippen LogP contribution < -0.4 is 10.2 Å². The Morgan fingerprint density at radius 1 is 0.480 bits per heavy atom. The van der Waals surface area contributed by atoms with Crippen LogP contribution in [0.4, 0.5) is 0 Å². The van der Waals surface area contributed by atoms with Crippen molar-refractivity contribution in [3.05, 3.63) is 97.2 Å². The Bertz CT molecular complexity index is 1610. The number of phosphoric ester groups is 1. The van der Waals surface area contributed by atoms with Crippen LogP contribution in [-0.4, -0.2) is 69.4 Å². The molecule has 0 aromatic rings. The van der Waals surface area contributed by atoms with Crippen LogP contribution in [0.25, 0.3) is 0 Å². The first kappa shape index (κ1) is 71.9. The number of hydrogen-bond donors (Lipinski definition) is 1. The molecule has 9 nitrogen and oxygen atoms in total. The number of phosphoric acid groups is 1. The molecule has 0 bridgehead atoms. The number of quaternary nitrogens is 1. The van der Waals surface area contributed by atoms with Gasteiger partial charge < -0.3 is 28.5 Å². The molecule has 0 aromatic heterocycles. The maximum absolute atomic E-state index is 13.5. The van der Waals surface area contributed by atoms with Crippen LogP contribution >= 0.6 is 7.82 Å². The predicted octanol–water partition coefficient (Wildman–Crippen LogP) is 18.1. The number of carbonyl (C=O) groups is 2. The van der Waals surface area contributed by atoms with E-state index in [1.807, 2.05) is 33.3 Å². The molecule has 0 radical (unpaired) electrons. The van der Waals surface area contributed by atoms with Gasteiger partial charge in [-0.2, -0.15) is 0 Å². The van der Waals surface area contributed by atoms with Crippen molar-refractivity contribution in [1.82, 2.24) is 5.32 Å². The van der Waals surface area contributed by atoms with Crippen LogP contribution in [0.2, 0.25) is 0 Å². The van der Waals surface area contributed by atoms with Crippen LogP contribution in [0.3, 0.4) is 0 Å². The van der Waals surface area contributed by atoms with Crippen molar-refractivity contribution in [3.63, 3.8) is 0 Å². The second kappa shape index (κ2) is 54.3. The van der Waals surface area contributed by atoms with Crippen LogP contribution in [-0.2, 0) is 27.9 Å². The van der Waals surface area contributed by atoms with E-state index in [1.54, 1.807) is 0 Å². The third-order valence-electron chi connectivity index (χ3n) is 13.0. The molecule has 1 N–H and O–H groups in total. The van der Waals surface area contributed by atoms with E-state index < -0.39 is 26.6 Å². The molecule has 432 valence electrons. The smallest absolute Gasteiger partial charge is 0.306 e. The molecule has 0 fully saturated rings. The highest BCUT2D eigenvalue weighted by atomic mass is 31.2. The number of ether oxygens (including phenoxy) is 1. The number of nitrogens with zero attached hydrogens (tertiary/aromatic N) is 1. The lowest BCUT2D eigenvalue weighted by Crippen LogP contribution is -2.47. The van der Waals surface area contributed by atoms with Crippen molar-refractivity contribution in [2.24, 2.45) is 0 Å². The topological polar surface area (TPSA) is 114 Å². The van der Waals surface area contributed by atoms with Gasteiger partial charge in [0, 0.05) is 12.8 Å². The van der Waals surface area contributed by atoms with E-state index in [1.165, 1.54) is 83.5 Å². The number of nitrogens with one attached hydrogen (secondary N) is 1. The van der Waals surface area contributed by atoms with E-state index in [2.05, 4.69) is 111 Å². The molecule has 0 aromatic carbocycles. The molecule has 0 aliphatic rings. The molecule has 0 aliphatic heterocycles. The van der Waals surface area contributed by atoms with Gasteiger partial charge in [0.05, 0.1) is 33.8 Å². The molecule has 0 saturated carbocycles. The average molecular weight is 1070 g/mol. The quantitative estimate of drug-likeness (QED) is 0.0212. The van der Waals surface area contributed by atoms with Gasteiger partial charge in [-0.3, -0.25) is 14.2 Å². The van der Waals surface area contributed by atoms with Crippen molar-refractivity contribution < 1.29 is 37.3 Å². The van der Waals surface area contributed by atoms with Gasteiger partial charge in [0.15, 0.2) is 0 Å². The normalized spacial score (nSPS) is 14.4. The Morgan fingerprint density at radius 2 is 0.867 bits per heavy atom. The van der Waals surface area contributed by atoms with Crippen molar-refractivity contribution in [2.45, 2.75) is 264 Å². The van der Waals surface area contributed by atoms with E-state index >= 15 is 0 Å². The zero-order valence-corrected chi connectivity index (χ0v) is 50.1. The predicted molar refractivity (Wildman–Crippen MR) is 321 cm³/mol. The van der Waals surface area contributed by atoms with Gasteiger partial charge in [0.25, 0.3) is 7.82 Å². The van der Waals surface area contributed by atoms with Crippen LogP contribution in [0, 0.1) is 0 Å². The summed E-state index contributed by atoms with van der Waals surface area (Å²) in [6.45, 7) is 6.66. The third kappa shape index (κ3) is 55.5. The minimum absolute atomic E-state index is 0.0294. The minimum Gasteiger partial charge on any atom is -0.756 e. The minimum atomic E-state index is -4.70. The van der Waals surface area contributed by atoms with E-state index in [-0.39, 0.29) is 24.9 Å². The zero-order valence-electron chi connectivity index (χ0n) is 49.2. The van der Waals surface area contributed by atoms with E-state index in [0.717, 1.165) is 128 Å². The van der Waals surface area contributed by atoms with E-state index in [4.69, 9.17) is 13.8 Å². The number of allylic oxidation sites excluding steroid dienone is 15. The van der Waals surface area contributed by atoms with Crippen molar-refractivity contribution in [2.75, 3.05) is 40.9 Å². The summed E-state index contributed by atoms with van der Waals surface area (Å²) in [4.78, 5) is 39.8. The van der Waals surface area contributed by atoms with Gasteiger partial charge in [-0.05, 0) is 102 Å². The Morgan fingerprint density at radius 3 is 1.33 bits per heavy atom. The zero-order chi connectivity index (χ0) is 55.0. The van der Waals surface area contributed by atoms with Crippen LogP contribution in [0.1, 0.15) is 252 Å². The first-order valence-corrected chi connectivity index (χ1v) is 32.0. The summed E-state index contributed by atoms with van der Waals surface area (Å²) in [5.41, 5.74) is 0. The number of carbonyl (C=O) groups excluding carboxylic acids is 2. The van der Waals surface area contributed by atoms with E-state index in [9.17, 15) is 19.0 Å². The molecule has 3 unspecified atom stereocenters. The molecule has 0 heterocycles. The third-order valence-corrected chi connectivity index (χ3v) is 14.0. The van der Waals surface area contributed by atoms with Crippen LogP contribution in [0.15, 0.2) is 97.2 Å². The summed E-state index contributed by atoms with van der Waals surface area (Å²) in [7, 11) is 1.16. The Balaban J connectivity index is 5.08. The first-order chi connectivity index (χ1) is 36.4. The molecular formula is C65H115N2O7P. The summed E-state index contributed by atoms with van der Waals surface area (Å²) >= 11 is 0. The fourth-order valence-corrected chi connectivity index (χ4v) is 8.99. The Labute approximate surface area is 462 Å². The maximum Gasteiger partial charge on any atom is 0.306 e. The number of hydrogen-bond acceptors (Lipinski definition) is 7. The van der Waals surface area contributed by atoms with Gasteiger partial charge in [-0.25, -0.2) is 0 Å². The largest absolute Gasteiger partial charge is 0.756 e. The summed E-state index contributed by atoms with van der Waals surface area (Å²) in [6.07, 6.45) is 72.4. The molecular weight excluding hydrogens is 952 g/mol. The fraction of sp³-hybridized carbons (Fsp3) is 0.723. The number of unbranched alkanes of at least 4 members (excludes halogenated alkanes) is 24. The molecule has 75 heavy (non-hydrogen) atoms. The molecule has 0 aliphatic carbocycles. The fourth-order valence-electron chi connectivity index (χ4n) is 8.27. The number of likely N-dealkylation sites (N-methyl/N-ethyl adjacent to an activating group) is 1.